The molecule has 15 heteroatoms. The first kappa shape index (κ1) is 38.6. The predicted octanol–water partition coefficient (Wildman–Crippen LogP) is 3.91. The Labute approximate surface area is 290 Å². The van der Waals surface area contributed by atoms with E-state index >= 15 is 4.39 Å². The Kier molecular flexibility index (Phi) is 13.6. The van der Waals surface area contributed by atoms with Crippen molar-refractivity contribution in [2.24, 2.45) is 5.92 Å². The molecule has 4 rings (SSSR count). The van der Waals surface area contributed by atoms with E-state index in [0.29, 0.717) is 44.6 Å². The number of carbonyl (C=O) groups is 4. The van der Waals surface area contributed by atoms with Gasteiger partial charge < -0.3 is 30.5 Å². The molecule has 2 heterocycles. The highest BCUT2D eigenvalue weighted by Crippen LogP contribution is 2.32. The van der Waals surface area contributed by atoms with Crippen molar-refractivity contribution in [3.63, 3.8) is 0 Å². The van der Waals surface area contributed by atoms with E-state index in [1.165, 1.54) is 36.2 Å². The zero-order chi connectivity index (χ0) is 36.5. The number of halogens is 3. The fourth-order valence-electron chi connectivity index (χ4n) is 6.63. The summed E-state index contributed by atoms with van der Waals surface area (Å²) >= 11 is 0. The Hall–Kier alpha value is -4.24. The minimum atomic E-state index is -1.72. The van der Waals surface area contributed by atoms with Gasteiger partial charge in [-0.25, -0.2) is 4.39 Å². The van der Waals surface area contributed by atoms with Gasteiger partial charge in [0.05, 0.1) is 5.69 Å². The third kappa shape index (κ3) is 9.50. The second-order valence-corrected chi connectivity index (χ2v) is 13.1. The first-order valence-corrected chi connectivity index (χ1v) is 17.1. The number of nitrogens with zero attached hydrogens (tertiary/aromatic N) is 4. The van der Waals surface area contributed by atoms with E-state index < -0.39 is 53.5 Å². The molecule has 1 aromatic heterocycles. The van der Waals surface area contributed by atoms with E-state index in [-0.39, 0.29) is 54.8 Å². The van der Waals surface area contributed by atoms with Gasteiger partial charge in [-0.15, -0.1) is 0 Å². The summed E-state index contributed by atoms with van der Waals surface area (Å²) in [5.41, 5.74) is 0.515. The van der Waals surface area contributed by atoms with Gasteiger partial charge in [-0.05, 0) is 88.3 Å². The number of methoxy groups -OCH3 is 1. The zero-order valence-corrected chi connectivity index (χ0v) is 29.3. The third-order valence-corrected chi connectivity index (χ3v) is 9.83. The summed E-state index contributed by atoms with van der Waals surface area (Å²) in [5.74, 6) is -3.97. The van der Waals surface area contributed by atoms with Gasteiger partial charge in [0.2, 0.25) is 17.7 Å². The van der Waals surface area contributed by atoms with Crippen molar-refractivity contribution in [1.82, 2.24) is 30.2 Å². The minimum Gasteiger partial charge on any atom is -0.375 e. The largest absolute Gasteiger partial charge is 0.375 e. The van der Waals surface area contributed by atoms with Gasteiger partial charge in [0, 0.05) is 51.4 Å². The maximum atomic E-state index is 15.8. The van der Waals surface area contributed by atoms with Gasteiger partial charge in [0.25, 0.3) is 12.0 Å². The SMILES string of the molecule is CCn1nccc1C(=O)NC(C(=O)Nc1ccc([C@H](C)[C@@H](NC(=O)COC)C(=O)N2CCN(C)[C@H](C)C2)cc1F)C1CCCC(=C(F)F)CC1. The molecule has 4 amide bonds. The van der Waals surface area contributed by atoms with Crippen LogP contribution >= 0.6 is 0 Å². The Morgan fingerprint density at radius 2 is 1.84 bits per heavy atom. The molecule has 5 atom stereocenters. The van der Waals surface area contributed by atoms with Crippen LogP contribution in [-0.4, -0.2) is 102 Å². The first-order chi connectivity index (χ1) is 23.8. The van der Waals surface area contributed by atoms with Gasteiger partial charge in [0.15, 0.2) is 0 Å². The monoisotopic (exact) mass is 703 g/mol. The van der Waals surface area contributed by atoms with Crippen LogP contribution in [0.4, 0.5) is 18.9 Å². The Balaban J connectivity index is 1.56. The van der Waals surface area contributed by atoms with E-state index in [4.69, 9.17) is 4.74 Å². The van der Waals surface area contributed by atoms with Crippen molar-refractivity contribution >= 4 is 29.3 Å². The van der Waals surface area contributed by atoms with Crippen molar-refractivity contribution in [1.29, 1.82) is 0 Å². The molecule has 1 aromatic carbocycles. The minimum absolute atomic E-state index is 0.0372. The number of piperazine rings is 1. The Morgan fingerprint density at radius 3 is 2.50 bits per heavy atom. The van der Waals surface area contributed by atoms with Gasteiger partial charge in [0.1, 0.15) is 30.2 Å². The van der Waals surface area contributed by atoms with E-state index in [2.05, 4.69) is 25.9 Å². The molecular weight excluding hydrogens is 655 g/mol. The highest BCUT2D eigenvalue weighted by Gasteiger charge is 2.36. The summed E-state index contributed by atoms with van der Waals surface area (Å²) in [6.45, 7) is 7.29. The number of hydrogen-bond acceptors (Lipinski definition) is 7. The summed E-state index contributed by atoms with van der Waals surface area (Å²) in [6.07, 6.45) is 1.04. The number of aryl methyl sites for hydroxylation is 1. The molecule has 2 fully saturated rings. The Bertz CT molecular complexity index is 1560. The number of rotatable bonds is 12. The van der Waals surface area contributed by atoms with Gasteiger partial charge in [-0.2, -0.15) is 13.9 Å². The van der Waals surface area contributed by atoms with Crippen LogP contribution in [-0.2, 0) is 25.7 Å². The third-order valence-electron chi connectivity index (χ3n) is 9.83. The smallest absolute Gasteiger partial charge is 0.270 e. The van der Waals surface area contributed by atoms with Crippen LogP contribution in [0.5, 0.6) is 0 Å². The quantitative estimate of drug-likeness (QED) is 0.285. The van der Waals surface area contributed by atoms with Crippen LogP contribution in [0.1, 0.15) is 74.8 Å². The lowest BCUT2D eigenvalue weighted by atomic mass is 9.90. The van der Waals surface area contributed by atoms with E-state index in [0.717, 1.165) is 0 Å². The van der Waals surface area contributed by atoms with Crippen LogP contribution in [0.15, 0.2) is 42.1 Å². The molecule has 1 aliphatic heterocycles. The maximum absolute atomic E-state index is 15.8. The van der Waals surface area contributed by atoms with E-state index in [1.54, 1.807) is 17.9 Å². The van der Waals surface area contributed by atoms with Crippen molar-refractivity contribution < 1.29 is 37.1 Å². The number of benzene rings is 1. The van der Waals surface area contributed by atoms with Gasteiger partial charge in [-0.1, -0.05) is 13.0 Å². The van der Waals surface area contributed by atoms with Crippen molar-refractivity contribution in [3.8, 4) is 0 Å². The predicted molar refractivity (Wildman–Crippen MR) is 181 cm³/mol. The highest BCUT2D eigenvalue weighted by molar-refractivity contribution is 6.00. The summed E-state index contributed by atoms with van der Waals surface area (Å²) in [5, 5.41) is 12.2. The summed E-state index contributed by atoms with van der Waals surface area (Å²) in [6, 6.07) is 3.61. The lowest BCUT2D eigenvalue weighted by Gasteiger charge is -2.40. The number of aromatic nitrogens is 2. The van der Waals surface area contributed by atoms with Crippen molar-refractivity contribution in [3.05, 3.63) is 59.2 Å². The number of allylic oxidation sites excluding steroid dienone is 1. The lowest BCUT2D eigenvalue weighted by Crippen LogP contribution is -2.58. The number of carbonyl (C=O) groups excluding carboxylic acids is 4. The molecule has 50 heavy (non-hydrogen) atoms. The second-order valence-electron chi connectivity index (χ2n) is 13.1. The molecular formula is C35H48F3N7O5. The average molecular weight is 704 g/mol. The molecule has 2 aromatic rings. The highest BCUT2D eigenvalue weighted by atomic mass is 19.3. The molecule has 2 aliphatic rings. The molecule has 1 aliphatic carbocycles. The summed E-state index contributed by atoms with van der Waals surface area (Å²) in [4.78, 5) is 57.2. The molecule has 12 nitrogen and oxygen atoms in total. The Morgan fingerprint density at radius 1 is 1.08 bits per heavy atom. The maximum Gasteiger partial charge on any atom is 0.270 e. The molecule has 3 N–H and O–H groups in total. The fourth-order valence-corrected chi connectivity index (χ4v) is 6.63. The summed E-state index contributed by atoms with van der Waals surface area (Å²) in [7, 11) is 3.35. The van der Waals surface area contributed by atoms with Crippen LogP contribution in [0.2, 0.25) is 0 Å². The van der Waals surface area contributed by atoms with E-state index in [9.17, 15) is 28.0 Å². The molecule has 0 spiro atoms. The molecule has 0 bridgehead atoms. The molecule has 1 saturated carbocycles. The van der Waals surface area contributed by atoms with E-state index in [1.807, 2.05) is 20.9 Å². The summed E-state index contributed by atoms with van der Waals surface area (Å²) < 4.78 is 49.0. The number of likely N-dealkylation sites (N-methyl/N-ethyl adjacent to an activating group) is 1. The number of nitrogens with one attached hydrogen (secondary N) is 3. The van der Waals surface area contributed by atoms with Crippen molar-refractivity contribution in [2.75, 3.05) is 45.7 Å². The van der Waals surface area contributed by atoms with Gasteiger partial charge >= 0.3 is 0 Å². The lowest BCUT2D eigenvalue weighted by molar-refractivity contribution is -0.140. The number of amides is 4. The van der Waals surface area contributed by atoms with Crippen LogP contribution in [0.25, 0.3) is 0 Å². The van der Waals surface area contributed by atoms with Crippen molar-refractivity contribution in [2.45, 2.75) is 83.5 Å². The average Bonchev–Trinajstić information content (AvgIpc) is 3.44. The molecule has 2 unspecified atom stereocenters. The first-order valence-electron chi connectivity index (χ1n) is 17.1. The topological polar surface area (TPSA) is 138 Å². The number of anilines is 1. The second kappa shape index (κ2) is 17.6. The standard InChI is InChI=1S/C35H48F3N7O5/c1-6-45-28(14-15-39-45)33(47)42-31(23-8-7-9-24(11-10-23)32(37)38)34(48)40-27-13-12-25(18-26(27)36)22(3)30(41-29(46)20-50-5)35(49)44-17-16-43(4)21(2)19-44/h12-15,18,21-23,30-31H,6-11,16-17,19-20H2,1-5H3,(H,40,48)(H,41,46)(H,42,47)/t21-,22+,23?,30-,31?/m1/s1. The number of ether oxygens (including phenoxy) is 1. The zero-order valence-electron chi connectivity index (χ0n) is 29.3. The number of hydrogen-bond donors (Lipinski definition) is 3. The molecule has 274 valence electrons. The normalized spacial score (nSPS) is 20.3. The van der Waals surface area contributed by atoms with Crippen LogP contribution < -0.4 is 16.0 Å². The molecule has 1 saturated heterocycles. The molecule has 0 radical (unpaired) electrons. The van der Waals surface area contributed by atoms with Crippen LogP contribution in [0, 0.1) is 11.7 Å². The van der Waals surface area contributed by atoms with Crippen LogP contribution in [0.3, 0.4) is 0 Å². The van der Waals surface area contributed by atoms with Gasteiger partial charge in [-0.3, -0.25) is 23.9 Å². The fraction of sp³-hybridized carbons (Fsp3) is 0.571.